The van der Waals surface area contributed by atoms with Gasteiger partial charge < -0.3 is 9.64 Å². The number of aromatic nitrogens is 2. The maximum atomic E-state index is 12.9. The van der Waals surface area contributed by atoms with E-state index in [9.17, 15) is 13.2 Å². The van der Waals surface area contributed by atoms with Crippen molar-refractivity contribution in [1.82, 2.24) is 14.1 Å². The van der Waals surface area contributed by atoms with Gasteiger partial charge in [0.1, 0.15) is 5.76 Å². The Balaban J connectivity index is 1.85. The predicted molar refractivity (Wildman–Crippen MR) is 96.0 cm³/mol. The van der Waals surface area contributed by atoms with Crippen LogP contribution in [0.5, 0.6) is 0 Å². The summed E-state index contributed by atoms with van der Waals surface area (Å²) in [6.07, 6.45) is 3.16. The third-order valence-electron chi connectivity index (χ3n) is 4.36. The Kier molecular flexibility index (Phi) is 4.86. The molecule has 0 N–H and O–H groups in total. The van der Waals surface area contributed by atoms with Crippen LogP contribution in [-0.2, 0) is 27.7 Å². The van der Waals surface area contributed by atoms with Crippen molar-refractivity contribution in [2.24, 2.45) is 0 Å². The van der Waals surface area contributed by atoms with E-state index in [0.29, 0.717) is 30.0 Å². The second-order valence-electron chi connectivity index (χ2n) is 6.22. The van der Waals surface area contributed by atoms with E-state index < -0.39 is 16.1 Å². The minimum atomic E-state index is -3.75. The highest BCUT2D eigenvalue weighted by atomic mass is 32.2. The largest absolute Gasteiger partial charge is 0.415 e. The van der Waals surface area contributed by atoms with E-state index in [1.807, 2.05) is 6.92 Å². The molecule has 0 atom stereocenters. The van der Waals surface area contributed by atoms with Gasteiger partial charge in [-0.3, -0.25) is 0 Å². The summed E-state index contributed by atoms with van der Waals surface area (Å²) < 4.78 is 32.0. The third-order valence-corrected chi connectivity index (χ3v) is 6.00. The summed E-state index contributed by atoms with van der Waals surface area (Å²) in [6, 6.07) is 6.66. The molecule has 0 bridgehead atoms. The van der Waals surface area contributed by atoms with Gasteiger partial charge in [0.2, 0.25) is 0 Å². The SMILES string of the molecule is C/C=C(\C)OC(=O)N1CCc2c(cnn2S(=O)(=O)c2ccc(C)cc2)C1. The fourth-order valence-corrected chi connectivity index (χ4v) is 4.09. The van der Waals surface area contributed by atoms with E-state index in [2.05, 4.69) is 5.10 Å². The average Bonchev–Trinajstić information content (AvgIpc) is 3.05. The molecule has 0 saturated carbocycles. The number of carbonyl (C=O) groups excluding carboxylic acids is 1. The van der Waals surface area contributed by atoms with Crippen molar-refractivity contribution < 1.29 is 17.9 Å². The molecular formula is C18H21N3O4S. The van der Waals surface area contributed by atoms with Crippen LogP contribution in [0.4, 0.5) is 4.79 Å². The molecule has 0 aliphatic carbocycles. The van der Waals surface area contributed by atoms with Gasteiger partial charge >= 0.3 is 6.09 Å². The maximum Gasteiger partial charge on any atom is 0.415 e. The van der Waals surface area contributed by atoms with Crippen LogP contribution in [0.25, 0.3) is 0 Å². The number of carbonyl (C=O) groups is 1. The van der Waals surface area contributed by atoms with Crippen LogP contribution >= 0.6 is 0 Å². The number of aryl methyl sites for hydroxylation is 1. The van der Waals surface area contributed by atoms with Crippen LogP contribution in [0.3, 0.4) is 0 Å². The molecule has 2 heterocycles. The first-order chi connectivity index (χ1) is 12.3. The Hall–Kier alpha value is -2.61. The zero-order valence-corrected chi connectivity index (χ0v) is 15.8. The zero-order chi connectivity index (χ0) is 18.9. The number of hydrogen-bond acceptors (Lipinski definition) is 5. The van der Waals surface area contributed by atoms with Crippen molar-refractivity contribution in [2.45, 2.75) is 38.6 Å². The molecule has 1 aromatic carbocycles. The standard InChI is InChI=1S/C18H21N3O4S/c1-4-14(3)25-18(22)20-10-9-17-15(12-20)11-19-21(17)26(23,24)16-7-5-13(2)6-8-16/h4-8,11H,9-10,12H2,1-3H3/b14-4+. The summed E-state index contributed by atoms with van der Waals surface area (Å²) in [4.78, 5) is 13.9. The van der Waals surface area contributed by atoms with Crippen molar-refractivity contribution in [2.75, 3.05) is 6.54 Å². The molecule has 1 amide bonds. The molecule has 138 valence electrons. The van der Waals surface area contributed by atoms with Crippen molar-refractivity contribution in [3.05, 3.63) is 59.1 Å². The van der Waals surface area contributed by atoms with Gasteiger partial charge in [0, 0.05) is 18.5 Å². The van der Waals surface area contributed by atoms with E-state index in [4.69, 9.17) is 4.74 Å². The third kappa shape index (κ3) is 3.37. The molecule has 26 heavy (non-hydrogen) atoms. The summed E-state index contributed by atoms with van der Waals surface area (Å²) in [7, 11) is -3.75. The Morgan fingerprint density at radius 1 is 1.27 bits per heavy atom. The highest BCUT2D eigenvalue weighted by Gasteiger charge is 2.29. The fraction of sp³-hybridized carbons (Fsp3) is 0.333. The lowest BCUT2D eigenvalue weighted by Crippen LogP contribution is -2.36. The van der Waals surface area contributed by atoms with Gasteiger partial charge in [-0.25, -0.2) is 4.79 Å². The first-order valence-electron chi connectivity index (χ1n) is 8.30. The number of rotatable bonds is 3. The maximum absolute atomic E-state index is 12.9. The first-order valence-corrected chi connectivity index (χ1v) is 9.74. The molecule has 1 aromatic heterocycles. The minimum Gasteiger partial charge on any atom is -0.415 e. The zero-order valence-electron chi connectivity index (χ0n) is 15.0. The van der Waals surface area contributed by atoms with E-state index in [-0.39, 0.29) is 11.4 Å². The predicted octanol–water partition coefficient (Wildman–Crippen LogP) is 2.85. The summed E-state index contributed by atoms with van der Waals surface area (Å²) in [6.45, 7) is 6.04. The number of benzene rings is 1. The van der Waals surface area contributed by atoms with Crippen LogP contribution in [0.15, 0.2) is 47.2 Å². The van der Waals surface area contributed by atoms with E-state index in [0.717, 1.165) is 9.65 Å². The molecule has 2 aromatic rings. The summed E-state index contributed by atoms with van der Waals surface area (Å²) in [5, 5.41) is 4.08. The lowest BCUT2D eigenvalue weighted by Gasteiger charge is -2.26. The Bertz CT molecular complexity index is 959. The molecule has 0 radical (unpaired) electrons. The van der Waals surface area contributed by atoms with Crippen LogP contribution in [-0.4, -0.2) is 35.1 Å². The van der Waals surface area contributed by atoms with Crippen molar-refractivity contribution in [3.8, 4) is 0 Å². The summed E-state index contributed by atoms with van der Waals surface area (Å²) in [5.74, 6) is 0.526. The molecule has 1 aliphatic rings. The molecule has 8 heteroatoms. The Labute approximate surface area is 152 Å². The number of nitrogens with zero attached hydrogens (tertiary/aromatic N) is 3. The van der Waals surface area contributed by atoms with Crippen molar-refractivity contribution in [3.63, 3.8) is 0 Å². The van der Waals surface area contributed by atoms with Gasteiger partial charge in [-0.15, -0.1) is 0 Å². The minimum absolute atomic E-state index is 0.194. The highest BCUT2D eigenvalue weighted by molar-refractivity contribution is 7.89. The summed E-state index contributed by atoms with van der Waals surface area (Å²) >= 11 is 0. The molecule has 0 spiro atoms. The van der Waals surface area contributed by atoms with E-state index in [1.165, 1.54) is 6.20 Å². The Morgan fingerprint density at radius 2 is 1.96 bits per heavy atom. The monoisotopic (exact) mass is 375 g/mol. The highest BCUT2D eigenvalue weighted by Crippen LogP contribution is 2.24. The second-order valence-corrected chi connectivity index (χ2v) is 7.98. The van der Waals surface area contributed by atoms with Gasteiger partial charge in [-0.2, -0.15) is 17.6 Å². The van der Waals surface area contributed by atoms with Crippen LogP contribution in [0.1, 0.15) is 30.7 Å². The van der Waals surface area contributed by atoms with Crippen molar-refractivity contribution in [1.29, 1.82) is 0 Å². The van der Waals surface area contributed by atoms with Crippen LogP contribution in [0, 0.1) is 6.92 Å². The van der Waals surface area contributed by atoms with E-state index in [1.54, 1.807) is 49.1 Å². The number of amides is 1. The van der Waals surface area contributed by atoms with Gasteiger partial charge in [0.05, 0.1) is 23.3 Å². The Morgan fingerprint density at radius 3 is 2.62 bits per heavy atom. The van der Waals surface area contributed by atoms with Crippen molar-refractivity contribution >= 4 is 16.1 Å². The van der Waals surface area contributed by atoms with Gasteiger partial charge in [0.15, 0.2) is 0 Å². The number of hydrogen-bond donors (Lipinski definition) is 0. The summed E-state index contributed by atoms with van der Waals surface area (Å²) in [5.41, 5.74) is 2.30. The number of ether oxygens (including phenoxy) is 1. The fourth-order valence-electron chi connectivity index (χ4n) is 2.74. The lowest BCUT2D eigenvalue weighted by atomic mass is 10.1. The van der Waals surface area contributed by atoms with Gasteiger partial charge in [-0.1, -0.05) is 17.7 Å². The number of fused-ring (bicyclic) bond motifs is 1. The molecular weight excluding hydrogens is 354 g/mol. The lowest BCUT2D eigenvalue weighted by molar-refractivity contribution is 0.123. The smallest absolute Gasteiger partial charge is 0.415 e. The average molecular weight is 375 g/mol. The molecule has 1 aliphatic heterocycles. The number of allylic oxidation sites excluding steroid dienone is 2. The van der Waals surface area contributed by atoms with E-state index >= 15 is 0 Å². The molecule has 0 saturated heterocycles. The van der Waals surface area contributed by atoms with Gasteiger partial charge in [0.25, 0.3) is 10.0 Å². The molecule has 0 unspecified atom stereocenters. The molecule has 7 nitrogen and oxygen atoms in total. The second kappa shape index (κ2) is 6.95. The quantitative estimate of drug-likeness (QED) is 0.771. The van der Waals surface area contributed by atoms with Gasteiger partial charge in [-0.05, 0) is 39.0 Å². The topological polar surface area (TPSA) is 81.5 Å². The first kappa shape index (κ1) is 18.2. The van der Waals surface area contributed by atoms with Crippen LogP contribution < -0.4 is 0 Å². The normalized spacial score (nSPS) is 14.9. The molecule has 0 fully saturated rings. The molecule has 3 rings (SSSR count). The van der Waals surface area contributed by atoms with Crippen LogP contribution in [0.2, 0.25) is 0 Å².